The van der Waals surface area contributed by atoms with E-state index in [1.165, 1.54) is 13.8 Å². The van der Waals surface area contributed by atoms with Gasteiger partial charge < -0.3 is 19.0 Å². The molecule has 1 aliphatic rings. The van der Waals surface area contributed by atoms with E-state index in [0.29, 0.717) is 5.06 Å². The molecule has 0 aromatic carbocycles. The van der Waals surface area contributed by atoms with Gasteiger partial charge in [0.15, 0.2) is 0 Å². The maximum Gasteiger partial charge on any atom is 0.349 e. The molecule has 2 atom stereocenters. The van der Waals surface area contributed by atoms with Crippen molar-refractivity contribution in [1.82, 2.24) is 5.06 Å². The van der Waals surface area contributed by atoms with Gasteiger partial charge in [0, 0.05) is 19.3 Å². The summed E-state index contributed by atoms with van der Waals surface area (Å²) in [6, 6.07) is 0. The predicted octanol–water partition coefficient (Wildman–Crippen LogP) is 3.05. The maximum absolute atomic E-state index is 13.7. The number of carbonyl (C=O) groups is 5. The Labute approximate surface area is 210 Å². The molecule has 0 aromatic rings. The van der Waals surface area contributed by atoms with Gasteiger partial charge in [0.25, 0.3) is 5.91 Å². The minimum absolute atomic E-state index is 0.0406. The second-order valence-corrected chi connectivity index (χ2v) is 12.1. The Bertz CT molecular complexity index is 852. The van der Waals surface area contributed by atoms with E-state index in [2.05, 4.69) is 0 Å². The second kappa shape index (κ2) is 12.6. The third-order valence-corrected chi connectivity index (χ3v) is 6.81. The van der Waals surface area contributed by atoms with Crippen LogP contribution in [0, 0.1) is 10.8 Å². The van der Waals surface area contributed by atoms with Crippen LogP contribution >= 0.6 is 7.60 Å². The summed E-state index contributed by atoms with van der Waals surface area (Å²) < 4.78 is 39.4. The van der Waals surface area contributed by atoms with Gasteiger partial charge in [-0.1, -0.05) is 13.8 Å². The fourth-order valence-electron chi connectivity index (χ4n) is 2.51. The van der Waals surface area contributed by atoms with E-state index in [1.54, 1.807) is 41.5 Å². The molecule has 0 aromatic heterocycles. The van der Waals surface area contributed by atoms with E-state index in [1.807, 2.05) is 0 Å². The fraction of sp³-hybridized carbons (Fsp3) is 0.773. The van der Waals surface area contributed by atoms with E-state index < -0.39 is 80.1 Å². The van der Waals surface area contributed by atoms with Crippen LogP contribution in [0.25, 0.3) is 0 Å². The summed E-state index contributed by atoms with van der Waals surface area (Å²) in [5, 5.41) is 0.506. The van der Waals surface area contributed by atoms with Crippen LogP contribution in [0.2, 0.25) is 0 Å². The van der Waals surface area contributed by atoms with Gasteiger partial charge in [0.2, 0.25) is 19.8 Å². The Morgan fingerprint density at radius 2 is 1.31 bits per heavy atom. The average molecular weight is 537 g/mol. The lowest BCUT2D eigenvalue weighted by atomic mass is 9.98. The smallest absolute Gasteiger partial charge is 0.349 e. The molecular weight excluding hydrogens is 501 g/mol. The first-order valence-electron chi connectivity index (χ1n) is 11.4. The minimum Gasteiger partial charge on any atom is -0.438 e. The maximum atomic E-state index is 13.7. The van der Waals surface area contributed by atoms with E-state index in [0.717, 1.165) is 0 Å². The van der Waals surface area contributed by atoms with Crippen LogP contribution in [0.3, 0.4) is 0 Å². The van der Waals surface area contributed by atoms with Gasteiger partial charge in [-0.15, -0.1) is 5.06 Å². The standard InChI is InChI=1S/C22H36NO12P/c1-9-16(24)34-15-11-14(18(26)23(15)35-17(25)10-2)36(29,32-12-30-19(27)21(3,4)5)33-13-31-20(28)22(6,7)8/h14-15H,9-13H2,1-8H3/t14-,15?/m0/s1. The van der Waals surface area contributed by atoms with Crippen LogP contribution in [0.1, 0.15) is 74.7 Å². The number of esters is 3. The number of carbonyl (C=O) groups excluding carboxylic acids is 5. The Morgan fingerprint density at radius 3 is 1.69 bits per heavy atom. The van der Waals surface area contributed by atoms with Crippen molar-refractivity contribution in [1.29, 1.82) is 0 Å². The van der Waals surface area contributed by atoms with E-state index in [4.69, 9.17) is 28.1 Å². The number of hydroxylamine groups is 2. The predicted molar refractivity (Wildman–Crippen MR) is 122 cm³/mol. The molecule has 0 radical (unpaired) electrons. The molecule has 1 amide bonds. The lowest BCUT2D eigenvalue weighted by molar-refractivity contribution is -0.227. The van der Waals surface area contributed by atoms with Gasteiger partial charge in [-0.2, -0.15) is 0 Å². The van der Waals surface area contributed by atoms with Crippen LogP contribution in [0.5, 0.6) is 0 Å². The molecule has 0 N–H and O–H groups in total. The van der Waals surface area contributed by atoms with Crippen molar-refractivity contribution in [2.45, 2.75) is 86.5 Å². The highest BCUT2D eigenvalue weighted by Gasteiger charge is 2.55. The molecule has 13 nitrogen and oxygen atoms in total. The molecular formula is C22H36NO12P. The molecule has 1 fully saturated rings. The van der Waals surface area contributed by atoms with Gasteiger partial charge in [0.1, 0.15) is 5.66 Å². The summed E-state index contributed by atoms with van der Waals surface area (Å²) in [5.74, 6) is -3.91. The molecule has 0 spiro atoms. The van der Waals surface area contributed by atoms with E-state index >= 15 is 0 Å². The molecule has 0 saturated carbocycles. The molecule has 1 rings (SSSR count). The van der Waals surface area contributed by atoms with Crippen molar-refractivity contribution in [3.05, 3.63) is 0 Å². The first kappa shape index (κ1) is 31.5. The van der Waals surface area contributed by atoms with Crippen LogP contribution < -0.4 is 0 Å². The van der Waals surface area contributed by atoms with Crippen molar-refractivity contribution >= 4 is 37.4 Å². The van der Waals surface area contributed by atoms with Gasteiger partial charge in [-0.25, -0.2) is 4.79 Å². The largest absolute Gasteiger partial charge is 0.438 e. The second-order valence-electron chi connectivity index (χ2n) is 9.93. The Morgan fingerprint density at radius 1 is 0.861 bits per heavy atom. The zero-order chi connectivity index (χ0) is 27.9. The van der Waals surface area contributed by atoms with Crippen LogP contribution in [0.4, 0.5) is 0 Å². The van der Waals surface area contributed by atoms with Gasteiger partial charge in [0.05, 0.1) is 10.8 Å². The molecule has 1 aliphatic heterocycles. The number of ether oxygens (including phenoxy) is 3. The number of hydrogen-bond donors (Lipinski definition) is 0. The normalized spacial score (nSPS) is 18.6. The Hall–Kier alpha value is -2.50. The number of nitrogens with zero attached hydrogens (tertiary/aromatic N) is 1. The number of hydrogen-bond acceptors (Lipinski definition) is 12. The highest BCUT2D eigenvalue weighted by Crippen LogP contribution is 2.57. The van der Waals surface area contributed by atoms with Crippen LogP contribution in [-0.2, 0) is 56.6 Å². The molecule has 206 valence electrons. The summed E-state index contributed by atoms with van der Waals surface area (Å²) in [5.41, 5.74) is -3.42. The summed E-state index contributed by atoms with van der Waals surface area (Å²) >= 11 is 0. The van der Waals surface area contributed by atoms with Crippen molar-refractivity contribution in [2.24, 2.45) is 10.8 Å². The molecule has 1 unspecified atom stereocenters. The first-order valence-corrected chi connectivity index (χ1v) is 13.0. The van der Waals surface area contributed by atoms with E-state index in [-0.39, 0.29) is 12.8 Å². The summed E-state index contributed by atoms with van der Waals surface area (Å²) in [6.45, 7) is 10.8. The monoisotopic (exact) mass is 537 g/mol. The van der Waals surface area contributed by atoms with Gasteiger partial charge in [-0.3, -0.25) is 32.8 Å². The molecule has 1 heterocycles. The summed E-state index contributed by atoms with van der Waals surface area (Å²) in [4.78, 5) is 66.0. The molecule has 1 saturated heterocycles. The molecule has 0 bridgehead atoms. The Balaban J connectivity index is 3.19. The summed E-state index contributed by atoms with van der Waals surface area (Å²) in [6.07, 6.45) is -1.97. The Kier molecular flexibility index (Phi) is 11.1. The van der Waals surface area contributed by atoms with Crippen LogP contribution in [0.15, 0.2) is 0 Å². The van der Waals surface area contributed by atoms with Crippen molar-refractivity contribution in [3.63, 3.8) is 0 Å². The van der Waals surface area contributed by atoms with Crippen LogP contribution in [-0.4, -0.2) is 60.3 Å². The lowest BCUT2D eigenvalue weighted by Crippen LogP contribution is -2.39. The zero-order valence-electron chi connectivity index (χ0n) is 22.0. The number of amides is 1. The summed E-state index contributed by atoms with van der Waals surface area (Å²) in [7, 11) is -4.55. The molecule has 36 heavy (non-hydrogen) atoms. The first-order chi connectivity index (χ1) is 16.5. The van der Waals surface area contributed by atoms with Crippen molar-refractivity contribution in [2.75, 3.05) is 13.6 Å². The molecule has 14 heteroatoms. The van der Waals surface area contributed by atoms with Crippen molar-refractivity contribution < 1.29 is 56.6 Å². The quantitative estimate of drug-likeness (QED) is 0.164. The minimum atomic E-state index is -4.55. The van der Waals surface area contributed by atoms with Crippen molar-refractivity contribution in [3.8, 4) is 0 Å². The topological polar surface area (TPSA) is 161 Å². The molecule has 0 aliphatic carbocycles. The highest BCUT2D eigenvalue weighted by atomic mass is 31.2. The lowest BCUT2D eigenvalue weighted by Gasteiger charge is -2.24. The third kappa shape index (κ3) is 8.86. The zero-order valence-corrected chi connectivity index (χ0v) is 22.9. The average Bonchev–Trinajstić information content (AvgIpc) is 3.07. The highest BCUT2D eigenvalue weighted by molar-refractivity contribution is 7.55. The van der Waals surface area contributed by atoms with Gasteiger partial charge in [-0.05, 0) is 41.5 Å². The van der Waals surface area contributed by atoms with E-state index in [9.17, 15) is 28.5 Å². The number of rotatable bonds is 11. The fourth-order valence-corrected chi connectivity index (χ4v) is 4.16. The SMILES string of the molecule is CCC(=O)OC1C[C@H](P(=O)(OCOC(=O)C(C)(C)C)OCOC(=O)C(C)(C)C)C(=O)N1OC(=O)CC. The third-order valence-electron chi connectivity index (χ3n) is 4.69. The van der Waals surface area contributed by atoms with Gasteiger partial charge >= 0.3 is 31.5 Å².